The number of nitrogens with one attached hydrogen (secondary N) is 1. The Balaban J connectivity index is 2.82. The fourth-order valence-electron chi connectivity index (χ4n) is 1.07. The Bertz CT molecular complexity index is 412. The average molecular weight is 228 g/mol. The summed E-state index contributed by atoms with van der Waals surface area (Å²) in [5.74, 6) is 0. The van der Waals surface area contributed by atoms with Gasteiger partial charge in [0.15, 0.2) is 14.9 Å². The van der Waals surface area contributed by atoms with Crippen LogP contribution < -0.4 is 5.32 Å². The molecule has 0 bridgehead atoms. The smallest absolute Gasteiger partial charge is 0.192 e. The van der Waals surface area contributed by atoms with Gasteiger partial charge in [-0.25, -0.2) is 13.4 Å². The van der Waals surface area contributed by atoms with Crippen LogP contribution in [0.25, 0.3) is 0 Å². The minimum atomic E-state index is -3.19. The van der Waals surface area contributed by atoms with Crippen molar-refractivity contribution >= 4 is 15.5 Å². The Hall–Kier alpha value is -1.10. The maximum atomic E-state index is 11.1. The molecule has 0 aliphatic rings. The van der Waals surface area contributed by atoms with Crippen molar-refractivity contribution in [3.05, 3.63) is 18.3 Å². The Morgan fingerprint density at radius 2 is 2.13 bits per heavy atom. The molecule has 84 valence electrons. The zero-order valence-corrected chi connectivity index (χ0v) is 10.0. The zero-order valence-electron chi connectivity index (χ0n) is 9.19. The maximum absolute atomic E-state index is 11.1. The van der Waals surface area contributed by atoms with Crippen molar-refractivity contribution < 1.29 is 8.42 Å². The summed E-state index contributed by atoms with van der Waals surface area (Å²) < 4.78 is 22.3. The summed E-state index contributed by atoms with van der Waals surface area (Å²) in [7, 11) is -3.19. The Kier molecular flexibility index (Phi) is 3.68. The van der Waals surface area contributed by atoms with Gasteiger partial charge in [-0.2, -0.15) is 0 Å². The van der Waals surface area contributed by atoms with Gasteiger partial charge in [0.05, 0.1) is 11.9 Å². The van der Waals surface area contributed by atoms with Crippen LogP contribution in [0.4, 0.5) is 5.69 Å². The van der Waals surface area contributed by atoms with E-state index in [1.807, 2.05) is 0 Å². The normalized spacial score (nSPS) is 13.5. The Morgan fingerprint density at radius 3 is 2.53 bits per heavy atom. The van der Waals surface area contributed by atoms with Gasteiger partial charge in [-0.1, -0.05) is 6.92 Å². The van der Waals surface area contributed by atoms with Gasteiger partial charge in [0, 0.05) is 12.3 Å². The third-order valence-electron chi connectivity index (χ3n) is 2.14. The van der Waals surface area contributed by atoms with Crippen LogP contribution in [0.3, 0.4) is 0 Å². The van der Waals surface area contributed by atoms with Crippen LogP contribution in [0.2, 0.25) is 0 Å². The molecule has 0 spiro atoms. The van der Waals surface area contributed by atoms with Crippen LogP contribution in [0.1, 0.15) is 20.3 Å². The number of pyridine rings is 1. The molecule has 0 aromatic carbocycles. The highest BCUT2D eigenvalue weighted by Gasteiger charge is 2.08. The molecule has 5 heteroatoms. The van der Waals surface area contributed by atoms with Crippen molar-refractivity contribution in [1.29, 1.82) is 0 Å². The lowest BCUT2D eigenvalue weighted by atomic mass is 10.2. The first-order valence-corrected chi connectivity index (χ1v) is 6.75. The maximum Gasteiger partial charge on any atom is 0.192 e. The van der Waals surface area contributed by atoms with Gasteiger partial charge < -0.3 is 5.32 Å². The van der Waals surface area contributed by atoms with Crippen molar-refractivity contribution in [3.8, 4) is 0 Å². The van der Waals surface area contributed by atoms with Gasteiger partial charge in [0.25, 0.3) is 0 Å². The van der Waals surface area contributed by atoms with Crippen molar-refractivity contribution in [2.45, 2.75) is 31.3 Å². The summed E-state index contributed by atoms with van der Waals surface area (Å²) in [5, 5.41) is 3.32. The second-order valence-electron chi connectivity index (χ2n) is 3.61. The first-order valence-electron chi connectivity index (χ1n) is 4.86. The molecular weight excluding hydrogens is 212 g/mol. The highest BCUT2D eigenvalue weighted by molar-refractivity contribution is 7.90. The first-order chi connectivity index (χ1) is 6.93. The molecule has 15 heavy (non-hydrogen) atoms. The summed E-state index contributed by atoms with van der Waals surface area (Å²) in [6.07, 6.45) is 3.70. The molecule has 1 N–H and O–H groups in total. The van der Waals surface area contributed by atoms with E-state index in [9.17, 15) is 8.42 Å². The molecule has 1 aromatic rings. The Labute approximate surface area is 90.7 Å². The lowest BCUT2D eigenvalue weighted by Crippen LogP contribution is -2.13. The van der Waals surface area contributed by atoms with E-state index in [4.69, 9.17) is 0 Å². The van der Waals surface area contributed by atoms with Gasteiger partial charge in [-0.15, -0.1) is 0 Å². The number of rotatable bonds is 4. The van der Waals surface area contributed by atoms with Crippen molar-refractivity contribution in [1.82, 2.24) is 4.98 Å². The molecule has 0 saturated heterocycles. The fourth-order valence-corrected chi connectivity index (χ4v) is 1.63. The minimum absolute atomic E-state index is 0.109. The highest BCUT2D eigenvalue weighted by atomic mass is 32.2. The standard InChI is InChI=1S/C10H16N2O2S/c1-4-8(2)12-9-5-6-10(11-7-9)15(3,13)14/h5-8,12H,4H2,1-3H3. The SMILES string of the molecule is CCC(C)Nc1ccc(S(C)(=O)=O)nc1. The number of nitrogens with zero attached hydrogens (tertiary/aromatic N) is 1. The predicted molar refractivity (Wildman–Crippen MR) is 60.7 cm³/mol. The van der Waals surface area contributed by atoms with Crippen molar-refractivity contribution in [3.63, 3.8) is 0 Å². The Morgan fingerprint density at radius 1 is 1.47 bits per heavy atom. The number of sulfone groups is 1. The van der Waals surface area contributed by atoms with E-state index in [1.165, 1.54) is 6.07 Å². The van der Waals surface area contributed by atoms with Gasteiger partial charge in [0.2, 0.25) is 0 Å². The van der Waals surface area contributed by atoms with Gasteiger partial charge in [-0.3, -0.25) is 0 Å². The summed E-state index contributed by atoms with van der Waals surface area (Å²) in [4.78, 5) is 3.89. The summed E-state index contributed by atoms with van der Waals surface area (Å²) in [6, 6.07) is 3.60. The lowest BCUT2D eigenvalue weighted by molar-refractivity contribution is 0.598. The molecular formula is C10H16N2O2S. The van der Waals surface area contributed by atoms with E-state index >= 15 is 0 Å². The number of anilines is 1. The highest BCUT2D eigenvalue weighted by Crippen LogP contribution is 2.11. The van der Waals surface area contributed by atoms with Gasteiger partial charge in [0.1, 0.15) is 0 Å². The molecule has 0 amide bonds. The number of aromatic nitrogens is 1. The molecule has 1 rings (SSSR count). The third-order valence-corrected chi connectivity index (χ3v) is 3.14. The van der Waals surface area contributed by atoms with Crippen LogP contribution >= 0.6 is 0 Å². The summed E-state index contributed by atoms with van der Waals surface area (Å²) in [5.41, 5.74) is 0.844. The van der Waals surface area contributed by atoms with E-state index in [1.54, 1.807) is 12.3 Å². The summed E-state index contributed by atoms with van der Waals surface area (Å²) in [6.45, 7) is 4.14. The molecule has 1 aromatic heterocycles. The van der Waals surface area contributed by atoms with Gasteiger partial charge in [-0.05, 0) is 25.5 Å². The van der Waals surface area contributed by atoms with E-state index in [0.717, 1.165) is 18.4 Å². The molecule has 4 nitrogen and oxygen atoms in total. The quantitative estimate of drug-likeness (QED) is 0.852. The topological polar surface area (TPSA) is 59.1 Å². The second kappa shape index (κ2) is 4.61. The first kappa shape index (κ1) is 12.0. The van der Waals surface area contributed by atoms with E-state index in [2.05, 4.69) is 24.1 Å². The number of hydrogen-bond acceptors (Lipinski definition) is 4. The fraction of sp³-hybridized carbons (Fsp3) is 0.500. The number of hydrogen-bond donors (Lipinski definition) is 1. The van der Waals surface area contributed by atoms with E-state index in [-0.39, 0.29) is 5.03 Å². The molecule has 0 aliphatic heterocycles. The molecule has 0 radical (unpaired) electrons. The van der Waals surface area contributed by atoms with E-state index < -0.39 is 9.84 Å². The van der Waals surface area contributed by atoms with Crippen LogP contribution in [0.5, 0.6) is 0 Å². The summed E-state index contributed by atoms with van der Waals surface area (Å²) >= 11 is 0. The third kappa shape index (κ3) is 3.51. The monoisotopic (exact) mass is 228 g/mol. The largest absolute Gasteiger partial charge is 0.381 e. The minimum Gasteiger partial charge on any atom is -0.381 e. The van der Waals surface area contributed by atoms with Crippen molar-refractivity contribution in [2.75, 3.05) is 11.6 Å². The average Bonchev–Trinajstić information content (AvgIpc) is 2.17. The van der Waals surface area contributed by atoms with Crippen LogP contribution in [0.15, 0.2) is 23.4 Å². The van der Waals surface area contributed by atoms with Gasteiger partial charge >= 0.3 is 0 Å². The molecule has 0 saturated carbocycles. The second-order valence-corrected chi connectivity index (χ2v) is 5.57. The van der Waals surface area contributed by atoms with E-state index in [0.29, 0.717) is 6.04 Å². The molecule has 1 unspecified atom stereocenters. The predicted octanol–water partition coefficient (Wildman–Crippen LogP) is 1.70. The molecule has 1 atom stereocenters. The van der Waals surface area contributed by atoms with Crippen LogP contribution in [-0.2, 0) is 9.84 Å². The van der Waals surface area contributed by atoms with Crippen LogP contribution in [0, 0.1) is 0 Å². The molecule has 0 aliphatic carbocycles. The lowest BCUT2D eigenvalue weighted by Gasteiger charge is -2.12. The molecule has 1 heterocycles. The zero-order chi connectivity index (χ0) is 11.5. The van der Waals surface area contributed by atoms with Crippen LogP contribution in [-0.4, -0.2) is 25.7 Å². The van der Waals surface area contributed by atoms with Crippen molar-refractivity contribution in [2.24, 2.45) is 0 Å². The molecule has 0 fully saturated rings.